The van der Waals surface area contributed by atoms with Crippen molar-refractivity contribution in [3.8, 4) is 5.69 Å². The zero-order valence-corrected chi connectivity index (χ0v) is 17.5. The second-order valence-electron chi connectivity index (χ2n) is 6.30. The predicted octanol–water partition coefficient (Wildman–Crippen LogP) is 2.68. The average molecular weight is 419 g/mol. The zero-order valence-electron chi connectivity index (χ0n) is 15.9. The Hall–Kier alpha value is -2.49. The van der Waals surface area contributed by atoms with E-state index in [-0.39, 0.29) is 16.7 Å². The molecule has 1 aromatic carbocycles. The van der Waals surface area contributed by atoms with E-state index >= 15 is 0 Å². The first-order valence-electron chi connectivity index (χ1n) is 8.76. The maximum Gasteiger partial charge on any atom is 0.255 e. The molecule has 3 aromatic rings. The quantitative estimate of drug-likeness (QED) is 0.639. The molecule has 1 amide bonds. The van der Waals surface area contributed by atoms with E-state index in [1.54, 1.807) is 23.0 Å². The number of para-hydroxylation sites is 1. The minimum Gasteiger partial charge on any atom is -0.347 e. The maximum absolute atomic E-state index is 12.7. The van der Waals surface area contributed by atoms with Gasteiger partial charge in [0, 0.05) is 19.0 Å². The van der Waals surface area contributed by atoms with Gasteiger partial charge in [-0.3, -0.25) is 4.79 Å². The number of hydrogen-bond acceptors (Lipinski definition) is 5. The van der Waals surface area contributed by atoms with Gasteiger partial charge in [0.25, 0.3) is 15.9 Å². The summed E-state index contributed by atoms with van der Waals surface area (Å²) in [5.41, 5.74) is 2.24. The summed E-state index contributed by atoms with van der Waals surface area (Å²) in [7, 11) is -0.473. The number of nitrogens with one attached hydrogen (secondary N) is 1. The fourth-order valence-corrected chi connectivity index (χ4v) is 5.19. The van der Waals surface area contributed by atoms with Crippen molar-refractivity contribution in [2.75, 3.05) is 14.1 Å². The van der Waals surface area contributed by atoms with Gasteiger partial charge in [-0.2, -0.15) is 5.10 Å². The van der Waals surface area contributed by atoms with Crippen LogP contribution in [0.2, 0.25) is 0 Å². The van der Waals surface area contributed by atoms with Crippen molar-refractivity contribution in [2.24, 2.45) is 0 Å². The van der Waals surface area contributed by atoms with Gasteiger partial charge in [-0.05, 0) is 30.7 Å². The summed E-state index contributed by atoms with van der Waals surface area (Å²) in [4.78, 5) is 13.4. The first-order chi connectivity index (χ1) is 13.3. The Morgan fingerprint density at radius 2 is 1.89 bits per heavy atom. The summed E-state index contributed by atoms with van der Waals surface area (Å²) in [6.45, 7) is 2.23. The lowest BCUT2D eigenvalue weighted by atomic mass is 10.2. The van der Waals surface area contributed by atoms with Crippen LogP contribution >= 0.6 is 11.3 Å². The fraction of sp³-hybridized carbons (Fsp3) is 0.263. The van der Waals surface area contributed by atoms with E-state index in [0.29, 0.717) is 12.0 Å². The SMILES string of the molecule is CCc1c(C(=O)NCc2ccc(S(=O)(=O)N(C)C)s2)cnn1-c1ccccc1. The number of hydrogen-bond donors (Lipinski definition) is 1. The van der Waals surface area contributed by atoms with Crippen LogP contribution in [0.1, 0.15) is 27.9 Å². The Morgan fingerprint density at radius 3 is 2.54 bits per heavy atom. The number of amides is 1. The van der Waals surface area contributed by atoms with Crippen molar-refractivity contribution in [1.29, 1.82) is 0 Å². The fourth-order valence-electron chi connectivity index (χ4n) is 2.73. The molecule has 3 rings (SSSR count). The average Bonchev–Trinajstić information content (AvgIpc) is 3.34. The molecule has 0 aliphatic carbocycles. The first-order valence-corrected chi connectivity index (χ1v) is 11.0. The molecule has 0 spiro atoms. The van der Waals surface area contributed by atoms with Crippen molar-refractivity contribution in [3.63, 3.8) is 0 Å². The molecule has 0 aliphatic rings. The number of benzene rings is 1. The molecule has 0 radical (unpaired) electrons. The third kappa shape index (κ3) is 4.01. The normalized spacial score (nSPS) is 11.7. The van der Waals surface area contributed by atoms with Crippen LogP contribution in [0.4, 0.5) is 0 Å². The van der Waals surface area contributed by atoms with Gasteiger partial charge in [-0.15, -0.1) is 11.3 Å². The lowest BCUT2D eigenvalue weighted by Crippen LogP contribution is -2.23. The van der Waals surface area contributed by atoms with E-state index in [0.717, 1.165) is 27.6 Å². The largest absolute Gasteiger partial charge is 0.347 e. The second kappa shape index (κ2) is 8.26. The van der Waals surface area contributed by atoms with E-state index in [1.165, 1.54) is 18.4 Å². The number of rotatable bonds is 7. The van der Waals surface area contributed by atoms with Crippen LogP contribution in [0.3, 0.4) is 0 Å². The number of nitrogens with zero attached hydrogens (tertiary/aromatic N) is 3. The topological polar surface area (TPSA) is 84.3 Å². The Kier molecular flexibility index (Phi) is 5.97. The van der Waals surface area contributed by atoms with Crippen molar-refractivity contribution in [1.82, 2.24) is 19.4 Å². The molecule has 1 N–H and O–H groups in total. The number of thiophene rings is 1. The summed E-state index contributed by atoms with van der Waals surface area (Å²) in [6.07, 6.45) is 2.22. The van der Waals surface area contributed by atoms with Crippen LogP contribution in [0.15, 0.2) is 52.9 Å². The molecular weight excluding hydrogens is 396 g/mol. The second-order valence-corrected chi connectivity index (χ2v) is 9.84. The molecule has 9 heteroatoms. The molecule has 0 saturated heterocycles. The van der Waals surface area contributed by atoms with Gasteiger partial charge in [-0.25, -0.2) is 17.4 Å². The summed E-state index contributed by atoms with van der Waals surface area (Å²) in [6, 6.07) is 12.9. The van der Waals surface area contributed by atoms with Crippen molar-refractivity contribution in [2.45, 2.75) is 24.1 Å². The molecule has 0 bridgehead atoms. The van der Waals surface area contributed by atoms with E-state index in [1.807, 2.05) is 37.3 Å². The Bertz CT molecular complexity index is 1070. The highest BCUT2D eigenvalue weighted by Crippen LogP contribution is 2.24. The van der Waals surface area contributed by atoms with Gasteiger partial charge in [0.2, 0.25) is 0 Å². The van der Waals surface area contributed by atoms with Crippen molar-refractivity contribution >= 4 is 27.3 Å². The standard InChI is InChI=1S/C19H22N4O3S2/c1-4-17-16(13-21-23(17)14-8-6-5-7-9-14)19(24)20-12-15-10-11-18(27-15)28(25,26)22(2)3/h5-11,13H,4,12H2,1-3H3,(H,20,24). The smallest absolute Gasteiger partial charge is 0.255 e. The molecule has 7 nitrogen and oxygen atoms in total. The van der Waals surface area contributed by atoms with Crippen LogP contribution in [-0.4, -0.2) is 42.5 Å². The van der Waals surface area contributed by atoms with Gasteiger partial charge in [-0.1, -0.05) is 25.1 Å². The lowest BCUT2D eigenvalue weighted by molar-refractivity contribution is 0.0950. The van der Waals surface area contributed by atoms with Gasteiger partial charge >= 0.3 is 0 Å². The summed E-state index contributed by atoms with van der Waals surface area (Å²) < 4.78 is 27.5. The minimum absolute atomic E-state index is 0.232. The van der Waals surface area contributed by atoms with Crippen LogP contribution in [0, 0.1) is 0 Å². The molecule has 0 aliphatic heterocycles. The van der Waals surface area contributed by atoms with E-state index in [2.05, 4.69) is 10.4 Å². The Labute approximate surface area is 168 Å². The molecule has 0 fully saturated rings. The van der Waals surface area contributed by atoms with E-state index in [4.69, 9.17) is 0 Å². The molecular formula is C19H22N4O3S2. The van der Waals surface area contributed by atoms with E-state index in [9.17, 15) is 13.2 Å². The summed E-state index contributed by atoms with van der Waals surface area (Å²) in [5, 5.41) is 7.22. The summed E-state index contributed by atoms with van der Waals surface area (Å²) >= 11 is 1.15. The third-order valence-electron chi connectivity index (χ3n) is 4.24. The van der Waals surface area contributed by atoms with Crippen LogP contribution in [-0.2, 0) is 23.0 Å². The van der Waals surface area contributed by atoms with Gasteiger partial charge < -0.3 is 5.32 Å². The van der Waals surface area contributed by atoms with Crippen LogP contribution < -0.4 is 5.32 Å². The Balaban J connectivity index is 1.75. The van der Waals surface area contributed by atoms with E-state index < -0.39 is 10.0 Å². The van der Waals surface area contributed by atoms with Gasteiger partial charge in [0.1, 0.15) is 4.21 Å². The zero-order chi connectivity index (χ0) is 20.3. The minimum atomic E-state index is -3.46. The number of sulfonamides is 1. The molecule has 28 heavy (non-hydrogen) atoms. The molecule has 0 saturated carbocycles. The molecule has 148 valence electrons. The third-order valence-corrected chi connectivity index (χ3v) is 7.61. The van der Waals surface area contributed by atoms with Gasteiger partial charge in [0.05, 0.1) is 29.7 Å². The highest BCUT2D eigenvalue weighted by atomic mass is 32.2. The van der Waals surface area contributed by atoms with Crippen LogP contribution in [0.5, 0.6) is 0 Å². The lowest BCUT2D eigenvalue weighted by Gasteiger charge is -2.09. The number of aromatic nitrogens is 2. The number of carbonyl (C=O) groups is 1. The monoisotopic (exact) mass is 418 g/mol. The highest BCUT2D eigenvalue weighted by Gasteiger charge is 2.20. The molecule has 0 unspecified atom stereocenters. The highest BCUT2D eigenvalue weighted by molar-refractivity contribution is 7.91. The van der Waals surface area contributed by atoms with Gasteiger partial charge in [0.15, 0.2) is 0 Å². The molecule has 2 heterocycles. The predicted molar refractivity (Wildman–Crippen MR) is 109 cm³/mol. The Morgan fingerprint density at radius 1 is 1.18 bits per heavy atom. The summed E-state index contributed by atoms with van der Waals surface area (Å²) in [5.74, 6) is -0.232. The van der Waals surface area contributed by atoms with Crippen molar-refractivity contribution in [3.05, 3.63) is 64.8 Å². The molecule has 0 atom stereocenters. The molecule has 2 aromatic heterocycles. The van der Waals surface area contributed by atoms with Crippen LogP contribution in [0.25, 0.3) is 5.69 Å². The maximum atomic E-state index is 12.7. The number of carbonyl (C=O) groups excluding carboxylic acids is 1. The van der Waals surface area contributed by atoms with Crippen molar-refractivity contribution < 1.29 is 13.2 Å². The first kappa shape index (κ1) is 20.2.